The number of ether oxygens (including phenoxy) is 2. The Hall–Kier alpha value is -2.05. The highest BCUT2D eigenvalue weighted by Gasteiger charge is 2.21. The summed E-state index contributed by atoms with van der Waals surface area (Å²) < 4.78 is 38.6. The first-order valence-electron chi connectivity index (χ1n) is 7.60. The molecule has 0 fully saturated rings. The second-order valence-electron chi connectivity index (χ2n) is 5.70. The lowest BCUT2D eigenvalue weighted by Gasteiger charge is -2.17. The van der Waals surface area contributed by atoms with Crippen LogP contribution in [0.25, 0.3) is 0 Å². The van der Waals surface area contributed by atoms with Gasteiger partial charge in [-0.3, -0.25) is 0 Å². The highest BCUT2D eigenvalue weighted by atomic mass is 32.2. The molecule has 0 aliphatic heterocycles. The molecule has 0 amide bonds. The highest BCUT2D eigenvalue weighted by Crippen LogP contribution is 2.27. The molecule has 24 heavy (non-hydrogen) atoms. The van der Waals surface area contributed by atoms with Gasteiger partial charge < -0.3 is 9.47 Å². The van der Waals surface area contributed by atoms with Crippen molar-refractivity contribution in [1.29, 1.82) is 0 Å². The SMILES string of the molecule is COc1ccc(C(C)NS(=O)(=O)c2cc(C)c(OC)cc2C)cc1. The Kier molecular flexibility index (Phi) is 5.51. The van der Waals surface area contributed by atoms with Gasteiger partial charge in [0.2, 0.25) is 10.0 Å². The Balaban J connectivity index is 2.28. The predicted octanol–water partition coefficient (Wildman–Crippen LogP) is 3.36. The lowest BCUT2D eigenvalue weighted by atomic mass is 10.1. The molecule has 0 aliphatic rings. The summed E-state index contributed by atoms with van der Waals surface area (Å²) in [5, 5.41) is 0. The molecule has 0 radical (unpaired) electrons. The number of aryl methyl sites for hydroxylation is 2. The fraction of sp³-hybridized carbons (Fsp3) is 0.333. The average molecular weight is 349 g/mol. The third kappa shape index (κ3) is 3.88. The third-order valence-electron chi connectivity index (χ3n) is 3.93. The quantitative estimate of drug-likeness (QED) is 0.868. The molecule has 0 saturated carbocycles. The number of rotatable bonds is 6. The minimum Gasteiger partial charge on any atom is -0.497 e. The van der Waals surface area contributed by atoms with E-state index < -0.39 is 10.0 Å². The van der Waals surface area contributed by atoms with Crippen molar-refractivity contribution in [2.45, 2.75) is 31.7 Å². The summed E-state index contributed by atoms with van der Waals surface area (Å²) in [7, 11) is -0.476. The molecule has 6 heteroatoms. The van der Waals surface area contributed by atoms with Crippen molar-refractivity contribution in [2.24, 2.45) is 0 Å². The van der Waals surface area contributed by atoms with E-state index in [4.69, 9.17) is 9.47 Å². The maximum atomic E-state index is 12.7. The highest BCUT2D eigenvalue weighted by molar-refractivity contribution is 7.89. The summed E-state index contributed by atoms with van der Waals surface area (Å²) >= 11 is 0. The zero-order valence-electron chi connectivity index (χ0n) is 14.6. The average Bonchev–Trinajstić information content (AvgIpc) is 2.56. The first-order chi connectivity index (χ1) is 11.3. The molecular formula is C18H23NO4S. The molecule has 0 aliphatic carbocycles. The van der Waals surface area contributed by atoms with E-state index in [-0.39, 0.29) is 10.9 Å². The number of hydrogen-bond acceptors (Lipinski definition) is 4. The standard InChI is InChI=1S/C18H23NO4S/c1-12-11-18(13(2)10-17(12)23-5)24(20,21)19-14(3)15-6-8-16(22-4)9-7-15/h6-11,14,19H,1-5H3. The van der Waals surface area contributed by atoms with Crippen molar-refractivity contribution in [1.82, 2.24) is 4.72 Å². The summed E-state index contributed by atoms with van der Waals surface area (Å²) in [6.45, 7) is 5.39. The lowest BCUT2D eigenvalue weighted by molar-refractivity contribution is 0.411. The van der Waals surface area contributed by atoms with Crippen LogP contribution in [-0.2, 0) is 10.0 Å². The number of methoxy groups -OCH3 is 2. The van der Waals surface area contributed by atoms with Gasteiger partial charge in [0, 0.05) is 6.04 Å². The van der Waals surface area contributed by atoms with Crippen molar-refractivity contribution < 1.29 is 17.9 Å². The molecule has 0 saturated heterocycles. The third-order valence-corrected chi connectivity index (χ3v) is 5.61. The van der Waals surface area contributed by atoms with Gasteiger partial charge in [0.25, 0.3) is 0 Å². The second-order valence-corrected chi connectivity index (χ2v) is 7.39. The van der Waals surface area contributed by atoms with Crippen LogP contribution in [0.3, 0.4) is 0 Å². The normalized spacial score (nSPS) is 12.7. The maximum absolute atomic E-state index is 12.7. The summed E-state index contributed by atoms with van der Waals surface area (Å²) in [5.41, 5.74) is 2.29. The maximum Gasteiger partial charge on any atom is 0.241 e. The van der Waals surface area contributed by atoms with Gasteiger partial charge in [-0.15, -0.1) is 0 Å². The van der Waals surface area contributed by atoms with Crippen LogP contribution in [0, 0.1) is 13.8 Å². The Morgan fingerprint density at radius 1 is 0.958 bits per heavy atom. The molecule has 0 aromatic heterocycles. The first kappa shape index (κ1) is 18.3. The molecule has 0 spiro atoms. The second kappa shape index (κ2) is 7.23. The van der Waals surface area contributed by atoms with E-state index in [9.17, 15) is 8.42 Å². The van der Waals surface area contributed by atoms with Gasteiger partial charge in [-0.05, 0) is 61.7 Å². The van der Waals surface area contributed by atoms with Crippen molar-refractivity contribution in [3.8, 4) is 11.5 Å². The molecule has 1 N–H and O–H groups in total. The van der Waals surface area contributed by atoms with E-state index in [1.54, 1.807) is 33.3 Å². The minimum atomic E-state index is -3.64. The fourth-order valence-corrected chi connectivity index (χ4v) is 4.07. The zero-order chi connectivity index (χ0) is 17.9. The van der Waals surface area contributed by atoms with Gasteiger partial charge in [0.15, 0.2) is 0 Å². The number of sulfonamides is 1. The first-order valence-corrected chi connectivity index (χ1v) is 9.08. The van der Waals surface area contributed by atoms with Crippen LogP contribution in [0.15, 0.2) is 41.3 Å². The van der Waals surface area contributed by atoms with Gasteiger partial charge in [0.1, 0.15) is 11.5 Å². The molecule has 0 bridgehead atoms. The van der Waals surface area contributed by atoms with E-state index >= 15 is 0 Å². The summed E-state index contributed by atoms with van der Waals surface area (Å²) in [4.78, 5) is 0.265. The summed E-state index contributed by atoms with van der Waals surface area (Å²) in [6.07, 6.45) is 0. The van der Waals surface area contributed by atoms with E-state index in [1.165, 1.54) is 0 Å². The monoisotopic (exact) mass is 349 g/mol. The molecular weight excluding hydrogens is 326 g/mol. The zero-order valence-corrected chi connectivity index (χ0v) is 15.4. The van der Waals surface area contributed by atoms with E-state index in [0.29, 0.717) is 11.3 Å². The van der Waals surface area contributed by atoms with Crippen LogP contribution in [0.5, 0.6) is 11.5 Å². The van der Waals surface area contributed by atoms with Gasteiger partial charge in [-0.1, -0.05) is 12.1 Å². The number of nitrogens with one attached hydrogen (secondary N) is 1. The van der Waals surface area contributed by atoms with E-state index in [1.807, 2.05) is 38.1 Å². The van der Waals surface area contributed by atoms with E-state index in [2.05, 4.69) is 4.72 Å². The molecule has 130 valence electrons. The largest absolute Gasteiger partial charge is 0.497 e. The molecule has 1 atom stereocenters. The summed E-state index contributed by atoms with van der Waals surface area (Å²) in [5.74, 6) is 1.41. The van der Waals surface area contributed by atoms with Crippen LogP contribution < -0.4 is 14.2 Å². The molecule has 5 nitrogen and oxygen atoms in total. The van der Waals surface area contributed by atoms with Crippen molar-refractivity contribution in [2.75, 3.05) is 14.2 Å². The van der Waals surface area contributed by atoms with Crippen molar-refractivity contribution >= 4 is 10.0 Å². The molecule has 2 aromatic rings. The Bertz CT molecular complexity index is 814. The van der Waals surface area contributed by atoms with Crippen LogP contribution in [0.2, 0.25) is 0 Å². The van der Waals surface area contributed by atoms with Crippen LogP contribution >= 0.6 is 0 Å². The predicted molar refractivity (Wildman–Crippen MR) is 94.2 cm³/mol. The topological polar surface area (TPSA) is 64.6 Å². The Labute approximate surface area is 143 Å². The summed E-state index contributed by atoms with van der Waals surface area (Å²) in [6, 6.07) is 10.3. The van der Waals surface area contributed by atoms with Gasteiger partial charge in [0.05, 0.1) is 19.1 Å². The molecule has 0 heterocycles. The van der Waals surface area contributed by atoms with Crippen molar-refractivity contribution in [3.05, 3.63) is 53.1 Å². The molecule has 2 aromatic carbocycles. The number of benzene rings is 2. The fourth-order valence-electron chi connectivity index (χ4n) is 2.53. The minimum absolute atomic E-state index is 0.265. The van der Waals surface area contributed by atoms with Crippen LogP contribution in [-0.4, -0.2) is 22.6 Å². The molecule has 1 unspecified atom stereocenters. The van der Waals surface area contributed by atoms with E-state index in [0.717, 1.165) is 16.9 Å². The smallest absolute Gasteiger partial charge is 0.241 e. The lowest BCUT2D eigenvalue weighted by Crippen LogP contribution is -2.27. The van der Waals surface area contributed by atoms with Gasteiger partial charge in [-0.25, -0.2) is 13.1 Å². The van der Waals surface area contributed by atoms with Crippen molar-refractivity contribution in [3.63, 3.8) is 0 Å². The van der Waals surface area contributed by atoms with Crippen LogP contribution in [0.1, 0.15) is 29.7 Å². The Morgan fingerprint density at radius 2 is 1.58 bits per heavy atom. The van der Waals surface area contributed by atoms with Gasteiger partial charge in [-0.2, -0.15) is 0 Å². The molecule has 2 rings (SSSR count). The Morgan fingerprint density at radius 3 is 2.12 bits per heavy atom. The number of hydrogen-bond donors (Lipinski definition) is 1. The van der Waals surface area contributed by atoms with Crippen LogP contribution in [0.4, 0.5) is 0 Å². The van der Waals surface area contributed by atoms with Gasteiger partial charge >= 0.3 is 0 Å².